The van der Waals surface area contributed by atoms with Gasteiger partial charge in [-0.1, -0.05) is 0 Å². The van der Waals surface area contributed by atoms with Gasteiger partial charge in [0.1, 0.15) is 17.9 Å². The topological polar surface area (TPSA) is 40.6 Å². The highest BCUT2D eigenvalue weighted by atomic mass is 79.9. The molecule has 2 aliphatic heterocycles. The van der Waals surface area contributed by atoms with Crippen molar-refractivity contribution in [3.05, 3.63) is 28.5 Å². The molecule has 0 spiro atoms. The Labute approximate surface area is 131 Å². The Kier molecular flexibility index (Phi) is 3.73. The van der Waals surface area contributed by atoms with Gasteiger partial charge in [-0.15, -0.1) is 0 Å². The van der Waals surface area contributed by atoms with Crippen molar-refractivity contribution in [3.8, 4) is 0 Å². The third kappa shape index (κ3) is 2.35. The van der Waals surface area contributed by atoms with Crippen molar-refractivity contribution in [3.63, 3.8) is 0 Å². The molecule has 2 heterocycles. The molecule has 0 saturated carbocycles. The highest BCUT2D eigenvalue weighted by molar-refractivity contribution is 9.10. The van der Waals surface area contributed by atoms with E-state index in [0.29, 0.717) is 23.1 Å². The van der Waals surface area contributed by atoms with Crippen LogP contribution in [0.1, 0.15) is 26.2 Å². The summed E-state index contributed by atoms with van der Waals surface area (Å²) in [5, 5.41) is 0. The maximum atomic E-state index is 13.4. The van der Waals surface area contributed by atoms with Crippen molar-refractivity contribution < 1.29 is 14.0 Å². The molecule has 2 aliphatic rings. The Balaban J connectivity index is 1.99. The third-order valence-corrected chi connectivity index (χ3v) is 4.84. The Morgan fingerprint density at radius 3 is 2.71 bits per heavy atom. The molecule has 2 atom stereocenters. The standard InChI is InChI=1S/C15H16BrFN2O2/c1-9-14(20)18-7-3-2-4-13(18)15(21)19(9)10-5-6-12(17)11(16)8-10/h5-6,8-9,13H,2-4,7H2,1H3. The highest BCUT2D eigenvalue weighted by Crippen LogP contribution is 2.31. The fourth-order valence-corrected chi connectivity index (χ4v) is 3.51. The molecular formula is C15H16BrFN2O2. The molecule has 2 amide bonds. The molecule has 4 nitrogen and oxygen atoms in total. The monoisotopic (exact) mass is 354 g/mol. The largest absolute Gasteiger partial charge is 0.329 e. The maximum Gasteiger partial charge on any atom is 0.250 e. The van der Waals surface area contributed by atoms with Gasteiger partial charge < -0.3 is 4.90 Å². The van der Waals surface area contributed by atoms with Gasteiger partial charge in [-0.05, 0) is 60.3 Å². The Bertz CT molecular complexity index is 607. The summed E-state index contributed by atoms with van der Waals surface area (Å²) in [6.45, 7) is 2.38. The molecule has 0 aromatic heterocycles. The van der Waals surface area contributed by atoms with E-state index in [9.17, 15) is 14.0 Å². The summed E-state index contributed by atoms with van der Waals surface area (Å²) in [5.74, 6) is -0.485. The summed E-state index contributed by atoms with van der Waals surface area (Å²) in [7, 11) is 0. The number of piperazine rings is 1. The van der Waals surface area contributed by atoms with Crippen LogP contribution in [0.3, 0.4) is 0 Å². The number of anilines is 1. The van der Waals surface area contributed by atoms with E-state index >= 15 is 0 Å². The molecule has 1 aromatic carbocycles. The first-order valence-corrected chi connectivity index (χ1v) is 7.88. The lowest BCUT2D eigenvalue weighted by Gasteiger charge is -2.46. The number of rotatable bonds is 1. The highest BCUT2D eigenvalue weighted by Gasteiger charge is 2.45. The van der Waals surface area contributed by atoms with Crippen LogP contribution in [0.2, 0.25) is 0 Å². The van der Waals surface area contributed by atoms with E-state index in [2.05, 4.69) is 15.9 Å². The average Bonchev–Trinajstić information content (AvgIpc) is 2.49. The van der Waals surface area contributed by atoms with Crippen molar-refractivity contribution in [2.45, 2.75) is 38.3 Å². The molecule has 0 bridgehead atoms. The lowest BCUT2D eigenvalue weighted by molar-refractivity contribution is -0.147. The molecular weight excluding hydrogens is 339 g/mol. The molecule has 112 valence electrons. The second-order valence-corrected chi connectivity index (χ2v) is 6.38. The number of benzene rings is 1. The molecule has 2 unspecified atom stereocenters. The van der Waals surface area contributed by atoms with Gasteiger partial charge in [0.15, 0.2) is 0 Å². The predicted octanol–water partition coefficient (Wildman–Crippen LogP) is 2.70. The zero-order valence-electron chi connectivity index (χ0n) is 11.7. The quantitative estimate of drug-likeness (QED) is 0.777. The van der Waals surface area contributed by atoms with E-state index in [0.717, 1.165) is 12.8 Å². The zero-order chi connectivity index (χ0) is 15.1. The van der Waals surface area contributed by atoms with Crippen molar-refractivity contribution >= 4 is 33.4 Å². The van der Waals surface area contributed by atoms with E-state index in [1.807, 2.05) is 0 Å². The van der Waals surface area contributed by atoms with Crippen LogP contribution in [0.4, 0.5) is 10.1 Å². The first-order valence-electron chi connectivity index (χ1n) is 7.09. The minimum absolute atomic E-state index is 0.0280. The van der Waals surface area contributed by atoms with Gasteiger partial charge in [0.2, 0.25) is 5.91 Å². The summed E-state index contributed by atoms with van der Waals surface area (Å²) in [4.78, 5) is 28.4. The van der Waals surface area contributed by atoms with Crippen molar-refractivity contribution in [2.75, 3.05) is 11.4 Å². The predicted molar refractivity (Wildman–Crippen MR) is 80.4 cm³/mol. The Hall–Kier alpha value is -1.43. The first-order chi connectivity index (χ1) is 10.0. The van der Waals surface area contributed by atoms with Gasteiger partial charge in [-0.3, -0.25) is 14.5 Å². The number of hydrogen-bond acceptors (Lipinski definition) is 2. The second-order valence-electron chi connectivity index (χ2n) is 5.53. The fraction of sp³-hybridized carbons (Fsp3) is 0.467. The van der Waals surface area contributed by atoms with Crippen LogP contribution >= 0.6 is 15.9 Å². The number of piperidine rings is 1. The molecule has 2 saturated heterocycles. The van der Waals surface area contributed by atoms with E-state index in [4.69, 9.17) is 0 Å². The van der Waals surface area contributed by atoms with E-state index < -0.39 is 6.04 Å². The van der Waals surface area contributed by atoms with Gasteiger partial charge in [-0.2, -0.15) is 0 Å². The van der Waals surface area contributed by atoms with Gasteiger partial charge in [-0.25, -0.2) is 4.39 Å². The molecule has 6 heteroatoms. The van der Waals surface area contributed by atoms with Crippen molar-refractivity contribution in [2.24, 2.45) is 0 Å². The Morgan fingerprint density at radius 1 is 1.24 bits per heavy atom. The molecule has 0 N–H and O–H groups in total. The third-order valence-electron chi connectivity index (χ3n) is 4.23. The fourth-order valence-electron chi connectivity index (χ4n) is 3.14. The number of carbonyl (C=O) groups excluding carboxylic acids is 2. The number of carbonyl (C=O) groups is 2. The summed E-state index contributed by atoms with van der Waals surface area (Å²) in [6.07, 6.45) is 2.61. The maximum absolute atomic E-state index is 13.4. The number of halogens is 2. The van der Waals surface area contributed by atoms with E-state index in [-0.39, 0.29) is 23.7 Å². The van der Waals surface area contributed by atoms with Crippen LogP contribution in [-0.2, 0) is 9.59 Å². The van der Waals surface area contributed by atoms with Gasteiger partial charge >= 0.3 is 0 Å². The van der Waals surface area contributed by atoms with Crippen molar-refractivity contribution in [1.82, 2.24) is 4.90 Å². The van der Waals surface area contributed by atoms with Gasteiger partial charge in [0.05, 0.1) is 4.47 Å². The zero-order valence-corrected chi connectivity index (χ0v) is 13.3. The van der Waals surface area contributed by atoms with Crippen LogP contribution in [-0.4, -0.2) is 35.3 Å². The minimum Gasteiger partial charge on any atom is -0.329 e. The van der Waals surface area contributed by atoms with Crippen LogP contribution < -0.4 is 4.90 Å². The van der Waals surface area contributed by atoms with Crippen LogP contribution in [0.5, 0.6) is 0 Å². The van der Waals surface area contributed by atoms with Crippen LogP contribution in [0.25, 0.3) is 0 Å². The minimum atomic E-state index is -0.552. The Morgan fingerprint density at radius 2 is 2.00 bits per heavy atom. The second kappa shape index (κ2) is 5.40. The van der Waals surface area contributed by atoms with Gasteiger partial charge in [0, 0.05) is 12.2 Å². The number of nitrogens with zero attached hydrogens (tertiary/aromatic N) is 2. The SMILES string of the molecule is CC1C(=O)N2CCCCC2C(=O)N1c1ccc(F)c(Br)c1. The van der Waals surface area contributed by atoms with Crippen LogP contribution in [0, 0.1) is 5.82 Å². The normalized spacial score (nSPS) is 26.0. The number of hydrogen-bond donors (Lipinski definition) is 0. The summed E-state index contributed by atoms with van der Waals surface area (Å²) < 4.78 is 13.7. The first kappa shape index (κ1) is 14.5. The number of amides is 2. The average molecular weight is 355 g/mol. The summed E-state index contributed by atoms with van der Waals surface area (Å²) in [6, 6.07) is 3.47. The molecule has 3 rings (SSSR count). The summed E-state index contributed by atoms with van der Waals surface area (Å²) in [5.41, 5.74) is 0.555. The lowest BCUT2D eigenvalue weighted by atomic mass is 9.95. The lowest BCUT2D eigenvalue weighted by Crippen LogP contribution is -2.65. The molecule has 21 heavy (non-hydrogen) atoms. The molecule has 2 fully saturated rings. The molecule has 0 radical (unpaired) electrons. The van der Waals surface area contributed by atoms with Gasteiger partial charge in [0.25, 0.3) is 5.91 Å². The number of fused-ring (bicyclic) bond motifs is 1. The molecule has 1 aromatic rings. The van der Waals surface area contributed by atoms with E-state index in [1.54, 1.807) is 24.0 Å². The smallest absolute Gasteiger partial charge is 0.250 e. The van der Waals surface area contributed by atoms with Crippen molar-refractivity contribution in [1.29, 1.82) is 0 Å². The summed E-state index contributed by atoms with van der Waals surface area (Å²) >= 11 is 3.13. The van der Waals surface area contributed by atoms with E-state index in [1.165, 1.54) is 11.0 Å². The van der Waals surface area contributed by atoms with Crippen LogP contribution in [0.15, 0.2) is 22.7 Å². The molecule has 0 aliphatic carbocycles.